The first-order valence-electron chi connectivity index (χ1n) is 8.16. The molecule has 2 unspecified atom stereocenters. The molecule has 2 atom stereocenters. The first-order valence-corrected chi connectivity index (χ1v) is 8.16. The van der Waals surface area contributed by atoms with Crippen molar-refractivity contribution in [1.29, 1.82) is 0 Å². The molecule has 1 saturated heterocycles. The van der Waals surface area contributed by atoms with E-state index >= 15 is 0 Å². The van der Waals surface area contributed by atoms with Crippen LogP contribution in [0.1, 0.15) is 32.5 Å². The topological polar surface area (TPSA) is 70.4 Å². The highest BCUT2D eigenvalue weighted by molar-refractivity contribution is 5.74. The molecule has 0 bridgehead atoms. The Labute approximate surface area is 132 Å². The van der Waals surface area contributed by atoms with Crippen molar-refractivity contribution in [2.24, 2.45) is 11.8 Å². The van der Waals surface area contributed by atoms with Crippen LogP contribution in [0.5, 0.6) is 0 Å². The number of imidazole rings is 1. The molecule has 2 N–H and O–H groups in total. The van der Waals surface area contributed by atoms with Crippen LogP contribution in [0.4, 0.5) is 4.79 Å². The van der Waals surface area contributed by atoms with Gasteiger partial charge in [0, 0.05) is 38.6 Å². The number of piperidine rings is 1. The highest BCUT2D eigenvalue weighted by Gasteiger charge is 2.25. The summed E-state index contributed by atoms with van der Waals surface area (Å²) in [5.74, 6) is 1.68. The molecular weight excluding hydrogens is 280 g/mol. The third kappa shape index (κ3) is 4.47. The van der Waals surface area contributed by atoms with Crippen LogP contribution in [-0.4, -0.2) is 51.3 Å². The van der Waals surface area contributed by atoms with Gasteiger partial charge in [0.2, 0.25) is 0 Å². The zero-order chi connectivity index (χ0) is 16.1. The Hall–Kier alpha value is -1.56. The first-order chi connectivity index (χ1) is 10.5. The summed E-state index contributed by atoms with van der Waals surface area (Å²) in [4.78, 5) is 18.2. The second-order valence-electron chi connectivity index (χ2n) is 6.48. The Balaban J connectivity index is 1.70. The first kappa shape index (κ1) is 16.8. The van der Waals surface area contributed by atoms with E-state index in [2.05, 4.69) is 21.8 Å². The average Bonchev–Trinajstić information content (AvgIpc) is 2.90. The number of hydrogen-bond acceptors (Lipinski definition) is 3. The van der Waals surface area contributed by atoms with Gasteiger partial charge >= 0.3 is 6.03 Å². The third-order valence-corrected chi connectivity index (χ3v) is 4.54. The number of carbonyl (C=O) groups excluding carboxylic acids is 1. The molecule has 0 radical (unpaired) electrons. The Kier molecular flexibility index (Phi) is 5.83. The predicted molar refractivity (Wildman–Crippen MR) is 85.5 cm³/mol. The molecule has 2 heterocycles. The van der Waals surface area contributed by atoms with Gasteiger partial charge in [-0.2, -0.15) is 0 Å². The van der Waals surface area contributed by atoms with Crippen molar-refractivity contribution in [2.45, 2.75) is 46.3 Å². The molecule has 1 aliphatic heterocycles. The van der Waals surface area contributed by atoms with Gasteiger partial charge in [-0.3, -0.25) is 0 Å². The summed E-state index contributed by atoms with van der Waals surface area (Å²) in [6.45, 7) is 8.92. The van der Waals surface area contributed by atoms with Gasteiger partial charge in [-0.05, 0) is 38.5 Å². The smallest absolute Gasteiger partial charge is 0.317 e. The number of amides is 2. The third-order valence-electron chi connectivity index (χ3n) is 4.54. The number of aromatic nitrogens is 2. The number of hydrogen-bond donors (Lipinski definition) is 2. The number of aliphatic hydroxyl groups is 1. The van der Waals surface area contributed by atoms with Crippen LogP contribution in [0.2, 0.25) is 0 Å². The lowest BCUT2D eigenvalue weighted by atomic mass is 9.92. The molecule has 0 spiro atoms. The predicted octanol–water partition coefficient (Wildman–Crippen LogP) is 1.63. The molecular formula is C16H28N4O2. The summed E-state index contributed by atoms with van der Waals surface area (Å²) in [5.41, 5.74) is 0. The van der Waals surface area contributed by atoms with Crippen molar-refractivity contribution in [3.8, 4) is 0 Å². The van der Waals surface area contributed by atoms with Crippen molar-refractivity contribution in [1.82, 2.24) is 19.8 Å². The number of nitrogens with one attached hydrogen (secondary N) is 1. The SMILES string of the molecule is Cc1nccn1CC(C)CNC(=O)N1CCC(C(C)O)CC1. The van der Waals surface area contributed by atoms with E-state index in [0.717, 1.165) is 38.3 Å². The van der Waals surface area contributed by atoms with E-state index in [4.69, 9.17) is 0 Å². The molecule has 22 heavy (non-hydrogen) atoms. The number of urea groups is 1. The lowest BCUT2D eigenvalue weighted by molar-refractivity contribution is 0.0796. The van der Waals surface area contributed by atoms with Gasteiger partial charge in [0.05, 0.1) is 6.10 Å². The highest BCUT2D eigenvalue weighted by Crippen LogP contribution is 2.20. The van der Waals surface area contributed by atoms with Gasteiger partial charge in [-0.25, -0.2) is 9.78 Å². The van der Waals surface area contributed by atoms with Crippen LogP contribution >= 0.6 is 0 Å². The molecule has 6 heteroatoms. The second kappa shape index (κ2) is 7.63. The van der Waals surface area contributed by atoms with Gasteiger partial charge in [0.1, 0.15) is 5.82 Å². The lowest BCUT2D eigenvalue weighted by Gasteiger charge is -2.33. The van der Waals surface area contributed by atoms with Crippen LogP contribution in [0, 0.1) is 18.8 Å². The summed E-state index contributed by atoms with van der Waals surface area (Å²) in [6, 6.07) is 0.0123. The molecule has 1 aromatic heterocycles. The lowest BCUT2D eigenvalue weighted by Crippen LogP contribution is -2.46. The van der Waals surface area contributed by atoms with Crippen LogP contribution in [0.3, 0.4) is 0 Å². The molecule has 1 aliphatic rings. The van der Waals surface area contributed by atoms with E-state index in [1.165, 1.54) is 0 Å². The van der Waals surface area contributed by atoms with Crippen LogP contribution < -0.4 is 5.32 Å². The fraction of sp³-hybridized carbons (Fsp3) is 0.750. The van der Waals surface area contributed by atoms with Crippen molar-refractivity contribution >= 4 is 6.03 Å². The molecule has 0 aliphatic carbocycles. The Bertz CT molecular complexity index is 478. The van der Waals surface area contributed by atoms with Gasteiger partial charge in [-0.15, -0.1) is 0 Å². The zero-order valence-electron chi connectivity index (χ0n) is 13.8. The minimum atomic E-state index is -0.274. The van der Waals surface area contributed by atoms with E-state index in [-0.39, 0.29) is 12.1 Å². The summed E-state index contributed by atoms with van der Waals surface area (Å²) >= 11 is 0. The van der Waals surface area contributed by atoms with Gasteiger partial charge in [0.25, 0.3) is 0 Å². The summed E-state index contributed by atoms with van der Waals surface area (Å²) < 4.78 is 2.10. The molecule has 124 valence electrons. The molecule has 0 saturated carbocycles. The molecule has 2 amide bonds. The van der Waals surface area contributed by atoms with E-state index in [1.807, 2.05) is 24.9 Å². The van der Waals surface area contributed by atoms with Crippen molar-refractivity contribution < 1.29 is 9.90 Å². The van der Waals surface area contributed by atoms with E-state index < -0.39 is 0 Å². The van der Waals surface area contributed by atoms with E-state index in [0.29, 0.717) is 18.4 Å². The minimum absolute atomic E-state index is 0.0123. The quantitative estimate of drug-likeness (QED) is 0.868. The van der Waals surface area contributed by atoms with Crippen LogP contribution in [-0.2, 0) is 6.54 Å². The molecule has 0 aromatic carbocycles. The fourth-order valence-electron chi connectivity index (χ4n) is 2.96. The van der Waals surface area contributed by atoms with Crippen LogP contribution in [0.15, 0.2) is 12.4 Å². The van der Waals surface area contributed by atoms with Crippen LogP contribution in [0.25, 0.3) is 0 Å². The van der Waals surface area contributed by atoms with Gasteiger partial charge < -0.3 is 19.9 Å². The molecule has 1 aromatic rings. The largest absolute Gasteiger partial charge is 0.393 e. The normalized spacial score (nSPS) is 19.0. The maximum absolute atomic E-state index is 12.2. The van der Waals surface area contributed by atoms with Crippen molar-refractivity contribution in [3.63, 3.8) is 0 Å². The number of rotatable bonds is 5. The number of nitrogens with zero attached hydrogens (tertiary/aromatic N) is 3. The van der Waals surface area contributed by atoms with Gasteiger partial charge in [-0.1, -0.05) is 6.92 Å². The Morgan fingerprint density at radius 3 is 2.68 bits per heavy atom. The standard InChI is InChI=1S/C16H28N4O2/c1-12(11-20-9-6-17-14(20)3)10-18-16(22)19-7-4-15(5-8-19)13(2)21/h6,9,12-13,15,21H,4-5,7-8,10-11H2,1-3H3,(H,18,22). The maximum atomic E-state index is 12.2. The highest BCUT2D eigenvalue weighted by atomic mass is 16.3. The number of likely N-dealkylation sites (tertiary alicyclic amines) is 1. The fourth-order valence-corrected chi connectivity index (χ4v) is 2.96. The Morgan fingerprint density at radius 2 is 2.14 bits per heavy atom. The summed E-state index contributed by atoms with van der Waals surface area (Å²) in [6.07, 6.45) is 5.26. The zero-order valence-corrected chi connectivity index (χ0v) is 13.8. The van der Waals surface area contributed by atoms with Crippen molar-refractivity contribution in [3.05, 3.63) is 18.2 Å². The summed E-state index contributed by atoms with van der Waals surface area (Å²) in [5, 5.41) is 12.6. The number of carbonyl (C=O) groups is 1. The average molecular weight is 308 g/mol. The minimum Gasteiger partial charge on any atom is -0.393 e. The number of aryl methyl sites for hydroxylation is 1. The molecule has 2 rings (SSSR count). The van der Waals surface area contributed by atoms with Crippen molar-refractivity contribution in [2.75, 3.05) is 19.6 Å². The van der Waals surface area contributed by atoms with Gasteiger partial charge in [0.15, 0.2) is 0 Å². The molecule has 6 nitrogen and oxygen atoms in total. The Morgan fingerprint density at radius 1 is 1.45 bits per heavy atom. The van der Waals surface area contributed by atoms with E-state index in [9.17, 15) is 9.90 Å². The maximum Gasteiger partial charge on any atom is 0.317 e. The van der Waals surface area contributed by atoms with E-state index in [1.54, 1.807) is 6.20 Å². The number of aliphatic hydroxyl groups excluding tert-OH is 1. The summed E-state index contributed by atoms with van der Waals surface area (Å²) in [7, 11) is 0. The molecule has 1 fully saturated rings. The monoisotopic (exact) mass is 308 g/mol. The second-order valence-corrected chi connectivity index (χ2v) is 6.48.